The Morgan fingerprint density at radius 2 is 1.69 bits per heavy atom. The van der Waals surface area contributed by atoms with Crippen LogP contribution in [0.15, 0.2) is 69.8 Å². The maximum Gasteiger partial charge on any atom is 0.247 e. The first-order valence-corrected chi connectivity index (χ1v) is 9.17. The first-order chi connectivity index (χ1) is 12.7. The van der Waals surface area contributed by atoms with Crippen LogP contribution in [0.2, 0.25) is 5.02 Å². The van der Waals surface area contributed by atoms with Gasteiger partial charge in [-0.15, -0.1) is 10.2 Å². The first kappa shape index (κ1) is 17.0. The summed E-state index contributed by atoms with van der Waals surface area (Å²) in [5.74, 6) is 1.09. The van der Waals surface area contributed by atoms with E-state index in [1.165, 1.54) is 0 Å². The molecule has 0 radical (unpaired) electrons. The fourth-order valence-electron chi connectivity index (χ4n) is 2.58. The fourth-order valence-corrected chi connectivity index (χ4v) is 3.04. The SMILES string of the molecule is Clc1ccc(Cc2nnc(-c3ccc(Cn4cc(Br)cn4)cc3)o2)cc1. The number of rotatable bonds is 5. The van der Waals surface area contributed by atoms with Crippen LogP contribution in [-0.4, -0.2) is 20.0 Å². The summed E-state index contributed by atoms with van der Waals surface area (Å²) < 4.78 is 8.62. The van der Waals surface area contributed by atoms with Gasteiger partial charge in [0.1, 0.15) is 0 Å². The van der Waals surface area contributed by atoms with E-state index in [0.29, 0.717) is 29.8 Å². The van der Waals surface area contributed by atoms with Gasteiger partial charge < -0.3 is 4.42 Å². The molecule has 7 heteroatoms. The van der Waals surface area contributed by atoms with Gasteiger partial charge >= 0.3 is 0 Å². The molecule has 5 nitrogen and oxygen atoms in total. The van der Waals surface area contributed by atoms with Gasteiger partial charge in [-0.05, 0) is 51.3 Å². The summed E-state index contributed by atoms with van der Waals surface area (Å²) in [6.07, 6.45) is 4.29. The molecule has 0 saturated heterocycles. The third-order valence-corrected chi connectivity index (χ3v) is 4.54. The van der Waals surface area contributed by atoms with Crippen LogP contribution in [0, 0.1) is 0 Å². The monoisotopic (exact) mass is 428 g/mol. The van der Waals surface area contributed by atoms with Crippen molar-refractivity contribution in [1.82, 2.24) is 20.0 Å². The second-order valence-corrected chi connectivity index (χ2v) is 7.21. The number of nitrogens with zero attached hydrogens (tertiary/aromatic N) is 4. The third-order valence-electron chi connectivity index (χ3n) is 3.88. The van der Waals surface area contributed by atoms with E-state index in [0.717, 1.165) is 21.2 Å². The molecule has 130 valence electrons. The molecule has 2 aromatic carbocycles. The molecule has 0 amide bonds. The lowest BCUT2D eigenvalue weighted by molar-refractivity contribution is 0.518. The topological polar surface area (TPSA) is 56.7 Å². The van der Waals surface area contributed by atoms with Crippen molar-refractivity contribution in [3.05, 3.63) is 87.4 Å². The zero-order valence-corrected chi connectivity index (χ0v) is 16.0. The Morgan fingerprint density at radius 3 is 2.38 bits per heavy atom. The second kappa shape index (κ2) is 7.43. The second-order valence-electron chi connectivity index (χ2n) is 5.86. The van der Waals surface area contributed by atoms with Crippen LogP contribution in [0.4, 0.5) is 0 Å². The van der Waals surface area contributed by atoms with Crippen LogP contribution in [0.1, 0.15) is 17.0 Å². The molecule has 4 rings (SSSR count). The van der Waals surface area contributed by atoms with Gasteiger partial charge in [-0.1, -0.05) is 35.9 Å². The Bertz CT molecular complexity index is 1010. The molecule has 0 spiro atoms. The van der Waals surface area contributed by atoms with Crippen molar-refractivity contribution in [2.75, 3.05) is 0 Å². The molecule has 0 fully saturated rings. The highest BCUT2D eigenvalue weighted by atomic mass is 79.9. The van der Waals surface area contributed by atoms with E-state index in [-0.39, 0.29) is 0 Å². The molecule has 0 unspecified atom stereocenters. The van der Waals surface area contributed by atoms with Gasteiger partial charge in [0.15, 0.2) is 0 Å². The number of benzene rings is 2. The van der Waals surface area contributed by atoms with Crippen LogP contribution in [-0.2, 0) is 13.0 Å². The standard InChI is InChI=1S/C19H14BrClN4O/c20-16-10-22-25(12-16)11-14-1-5-15(6-2-14)19-24-23-18(26-19)9-13-3-7-17(21)8-4-13/h1-8,10,12H,9,11H2. The normalized spacial score (nSPS) is 11.0. The molecule has 0 atom stereocenters. The molecule has 0 aliphatic heterocycles. The van der Waals surface area contributed by atoms with Crippen LogP contribution >= 0.6 is 27.5 Å². The quantitative estimate of drug-likeness (QED) is 0.448. The minimum atomic E-state index is 0.516. The predicted octanol–water partition coefficient (Wildman–Crippen LogP) is 4.99. The Balaban J connectivity index is 1.46. The van der Waals surface area contributed by atoms with Crippen molar-refractivity contribution in [3.63, 3.8) is 0 Å². The predicted molar refractivity (Wildman–Crippen MR) is 103 cm³/mol. The van der Waals surface area contributed by atoms with Gasteiger partial charge in [-0.2, -0.15) is 5.10 Å². The highest BCUT2D eigenvalue weighted by Gasteiger charge is 2.09. The molecule has 0 saturated carbocycles. The molecule has 4 aromatic rings. The van der Waals surface area contributed by atoms with E-state index >= 15 is 0 Å². The maximum absolute atomic E-state index is 5.90. The van der Waals surface area contributed by atoms with Gasteiger partial charge in [-0.3, -0.25) is 4.68 Å². The Labute approximate surface area is 163 Å². The van der Waals surface area contributed by atoms with E-state index in [2.05, 4.69) is 31.2 Å². The molecular formula is C19H14BrClN4O. The first-order valence-electron chi connectivity index (χ1n) is 8.00. The molecule has 2 heterocycles. The molecule has 0 bridgehead atoms. The summed E-state index contributed by atoms with van der Waals surface area (Å²) in [4.78, 5) is 0. The lowest BCUT2D eigenvalue weighted by atomic mass is 10.1. The number of halogens is 2. The minimum absolute atomic E-state index is 0.516. The largest absolute Gasteiger partial charge is 0.420 e. The maximum atomic E-state index is 5.90. The van der Waals surface area contributed by atoms with Crippen molar-refractivity contribution in [1.29, 1.82) is 0 Å². The lowest BCUT2D eigenvalue weighted by Crippen LogP contribution is -1.99. The van der Waals surface area contributed by atoms with Gasteiger partial charge in [0.25, 0.3) is 0 Å². The van der Waals surface area contributed by atoms with Gasteiger partial charge in [-0.25, -0.2) is 0 Å². The summed E-state index contributed by atoms with van der Waals surface area (Å²) in [5, 5.41) is 13.3. The van der Waals surface area contributed by atoms with Crippen LogP contribution in [0.3, 0.4) is 0 Å². The number of hydrogen-bond donors (Lipinski definition) is 0. The highest BCUT2D eigenvalue weighted by Crippen LogP contribution is 2.21. The summed E-state index contributed by atoms with van der Waals surface area (Å²) in [5.41, 5.74) is 3.11. The van der Waals surface area contributed by atoms with Gasteiger partial charge in [0.05, 0.1) is 23.6 Å². The Kier molecular flexibility index (Phi) is 4.86. The van der Waals surface area contributed by atoms with Crippen molar-refractivity contribution in [3.8, 4) is 11.5 Å². The van der Waals surface area contributed by atoms with Crippen molar-refractivity contribution >= 4 is 27.5 Å². The van der Waals surface area contributed by atoms with Crippen LogP contribution in [0.5, 0.6) is 0 Å². The lowest BCUT2D eigenvalue weighted by Gasteiger charge is -2.02. The van der Waals surface area contributed by atoms with Crippen LogP contribution in [0.25, 0.3) is 11.5 Å². The molecule has 0 N–H and O–H groups in total. The van der Waals surface area contributed by atoms with Gasteiger partial charge in [0, 0.05) is 16.8 Å². The molecule has 0 aliphatic carbocycles. The number of hydrogen-bond acceptors (Lipinski definition) is 4. The van der Waals surface area contributed by atoms with E-state index in [1.54, 1.807) is 6.20 Å². The van der Waals surface area contributed by atoms with Gasteiger partial charge in [0.2, 0.25) is 11.8 Å². The molecule has 2 aromatic heterocycles. The summed E-state index contributed by atoms with van der Waals surface area (Å²) in [6, 6.07) is 15.6. The smallest absolute Gasteiger partial charge is 0.247 e. The zero-order chi connectivity index (χ0) is 17.9. The fraction of sp³-hybridized carbons (Fsp3) is 0.105. The zero-order valence-electron chi connectivity index (χ0n) is 13.6. The highest BCUT2D eigenvalue weighted by molar-refractivity contribution is 9.10. The third kappa shape index (κ3) is 4.03. The average molecular weight is 430 g/mol. The Hall–Kier alpha value is -2.44. The van der Waals surface area contributed by atoms with E-state index in [9.17, 15) is 0 Å². The summed E-state index contributed by atoms with van der Waals surface area (Å²) in [6.45, 7) is 0.706. The van der Waals surface area contributed by atoms with Crippen molar-refractivity contribution < 1.29 is 4.42 Å². The summed E-state index contributed by atoms with van der Waals surface area (Å²) >= 11 is 9.30. The van der Waals surface area contributed by atoms with Crippen molar-refractivity contribution in [2.45, 2.75) is 13.0 Å². The summed E-state index contributed by atoms with van der Waals surface area (Å²) in [7, 11) is 0. The van der Waals surface area contributed by atoms with E-state index < -0.39 is 0 Å². The number of aromatic nitrogens is 4. The molecule has 0 aliphatic rings. The van der Waals surface area contributed by atoms with Crippen LogP contribution < -0.4 is 0 Å². The van der Waals surface area contributed by atoms with E-state index in [4.69, 9.17) is 16.0 Å². The minimum Gasteiger partial charge on any atom is -0.420 e. The van der Waals surface area contributed by atoms with E-state index in [1.807, 2.05) is 59.4 Å². The Morgan fingerprint density at radius 1 is 0.962 bits per heavy atom. The van der Waals surface area contributed by atoms with Crippen molar-refractivity contribution in [2.24, 2.45) is 0 Å². The average Bonchev–Trinajstić information content (AvgIpc) is 3.27. The molecule has 26 heavy (non-hydrogen) atoms. The molecular weight excluding hydrogens is 416 g/mol.